The number of carboxylic acids is 1. The fourth-order valence-electron chi connectivity index (χ4n) is 5.39. The van der Waals surface area contributed by atoms with Crippen molar-refractivity contribution in [3.63, 3.8) is 0 Å². The number of urea groups is 1. The second-order valence-corrected chi connectivity index (χ2v) is 9.92. The molecule has 4 rings (SSSR count). The zero-order valence-corrected chi connectivity index (χ0v) is 20.2. The molecule has 2 aromatic rings. The van der Waals surface area contributed by atoms with Crippen molar-refractivity contribution in [3.05, 3.63) is 70.5 Å². The van der Waals surface area contributed by atoms with E-state index in [1.165, 1.54) is 6.07 Å². The van der Waals surface area contributed by atoms with E-state index in [1.54, 1.807) is 18.2 Å². The number of rotatable bonds is 7. The number of amides is 2. The molecule has 2 aliphatic rings. The van der Waals surface area contributed by atoms with E-state index in [-0.39, 0.29) is 48.9 Å². The van der Waals surface area contributed by atoms with Crippen molar-refractivity contribution in [1.29, 1.82) is 0 Å². The van der Waals surface area contributed by atoms with Crippen LogP contribution in [0.2, 0.25) is 0 Å². The number of nitrogens with zero attached hydrogens (tertiary/aromatic N) is 2. The first-order valence-electron chi connectivity index (χ1n) is 12.4. The molecule has 0 unspecified atom stereocenters. The van der Waals surface area contributed by atoms with Gasteiger partial charge in [-0.05, 0) is 66.3 Å². The highest BCUT2D eigenvalue weighted by atomic mass is 19.1. The summed E-state index contributed by atoms with van der Waals surface area (Å²) in [5.41, 5.74) is 3.58. The normalized spacial score (nSPS) is 19.7. The highest BCUT2D eigenvalue weighted by Crippen LogP contribution is 2.30. The van der Waals surface area contributed by atoms with Crippen molar-refractivity contribution >= 4 is 17.8 Å². The summed E-state index contributed by atoms with van der Waals surface area (Å²) in [4.78, 5) is 40.3. The van der Waals surface area contributed by atoms with Gasteiger partial charge in [0.05, 0.1) is 0 Å². The lowest BCUT2D eigenvalue weighted by molar-refractivity contribution is -0.138. The fourth-order valence-corrected chi connectivity index (χ4v) is 5.39. The molecule has 0 radical (unpaired) electrons. The molecule has 2 aromatic carbocycles. The van der Waals surface area contributed by atoms with Crippen LogP contribution in [0.25, 0.3) is 0 Å². The predicted octanol–water partition coefficient (Wildman–Crippen LogP) is 4.62. The van der Waals surface area contributed by atoms with Crippen LogP contribution in [-0.4, -0.2) is 52.3 Å². The molecule has 1 aliphatic carbocycles. The minimum Gasteiger partial charge on any atom is -0.481 e. The topological polar surface area (TPSA) is 77.9 Å². The van der Waals surface area contributed by atoms with Gasteiger partial charge in [0.1, 0.15) is 11.6 Å². The summed E-state index contributed by atoms with van der Waals surface area (Å²) >= 11 is 0. The van der Waals surface area contributed by atoms with Gasteiger partial charge in [0.15, 0.2) is 0 Å². The monoisotopic (exact) mass is 480 g/mol. The SMILES string of the molecule is CN(C(=O)N1CCc2cc(CC(=O)Cc3ccccc3F)ccc2C1)C1CCC(CC(=O)O)CC1. The van der Waals surface area contributed by atoms with Crippen LogP contribution in [0.5, 0.6) is 0 Å². The average molecular weight is 481 g/mol. The van der Waals surface area contributed by atoms with Gasteiger partial charge in [-0.25, -0.2) is 9.18 Å². The lowest BCUT2D eigenvalue weighted by Gasteiger charge is -2.38. The summed E-state index contributed by atoms with van der Waals surface area (Å²) < 4.78 is 13.8. The zero-order valence-electron chi connectivity index (χ0n) is 20.2. The second kappa shape index (κ2) is 11.0. The smallest absolute Gasteiger partial charge is 0.320 e. The lowest BCUT2D eigenvalue weighted by atomic mass is 9.83. The first-order chi connectivity index (χ1) is 16.8. The van der Waals surface area contributed by atoms with E-state index in [1.807, 2.05) is 35.0 Å². The molecule has 1 saturated carbocycles. The van der Waals surface area contributed by atoms with Crippen LogP contribution in [0.4, 0.5) is 9.18 Å². The Hall–Kier alpha value is -3.22. The molecule has 2 amide bonds. The summed E-state index contributed by atoms with van der Waals surface area (Å²) in [5, 5.41) is 9.01. The van der Waals surface area contributed by atoms with Gasteiger partial charge >= 0.3 is 12.0 Å². The van der Waals surface area contributed by atoms with Gasteiger partial charge in [0.25, 0.3) is 0 Å². The third-order valence-corrected chi connectivity index (χ3v) is 7.43. The van der Waals surface area contributed by atoms with E-state index in [0.717, 1.165) is 48.8 Å². The van der Waals surface area contributed by atoms with Crippen LogP contribution in [0.1, 0.15) is 54.4 Å². The number of hydrogen-bond donors (Lipinski definition) is 1. The van der Waals surface area contributed by atoms with E-state index < -0.39 is 5.97 Å². The molecule has 0 atom stereocenters. The molecule has 6 nitrogen and oxygen atoms in total. The Morgan fingerprint density at radius 2 is 1.77 bits per heavy atom. The maximum absolute atomic E-state index is 13.8. The maximum atomic E-state index is 13.8. The molecule has 7 heteroatoms. The maximum Gasteiger partial charge on any atom is 0.320 e. The molecule has 0 bridgehead atoms. The quantitative estimate of drug-likeness (QED) is 0.627. The Kier molecular flexibility index (Phi) is 7.83. The van der Waals surface area contributed by atoms with E-state index in [9.17, 15) is 18.8 Å². The van der Waals surface area contributed by atoms with Gasteiger partial charge < -0.3 is 14.9 Å². The summed E-state index contributed by atoms with van der Waals surface area (Å²) in [6.07, 6.45) is 4.66. The molecule has 1 aliphatic heterocycles. The summed E-state index contributed by atoms with van der Waals surface area (Å²) in [7, 11) is 1.85. The highest BCUT2D eigenvalue weighted by Gasteiger charge is 2.31. The second-order valence-electron chi connectivity index (χ2n) is 9.92. The number of fused-ring (bicyclic) bond motifs is 1. The van der Waals surface area contributed by atoms with Crippen molar-refractivity contribution < 1.29 is 23.9 Å². The number of carboxylic acid groups (broad SMARTS) is 1. The van der Waals surface area contributed by atoms with Crippen LogP contribution in [-0.2, 0) is 35.4 Å². The average Bonchev–Trinajstić information content (AvgIpc) is 2.84. The van der Waals surface area contributed by atoms with Crippen molar-refractivity contribution in [2.45, 2.75) is 64.0 Å². The van der Waals surface area contributed by atoms with E-state index in [2.05, 4.69) is 0 Å². The fraction of sp³-hybridized carbons (Fsp3) is 0.464. The first-order valence-corrected chi connectivity index (χ1v) is 12.4. The van der Waals surface area contributed by atoms with Crippen LogP contribution >= 0.6 is 0 Å². The van der Waals surface area contributed by atoms with E-state index in [0.29, 0.717) is 18.7 Å². The molecule has 0 spiro atoms. The summed E-state index contributed by atoms with van der Waals surface area (Å²) in [6.45, 7) is 1.16. The Morgan fingerprint density at radius 3 is 2.49 bits per heavy atom. The number of ketones is 1. The van der Waals surface area contributed by atoms with Gasteiger partial charge in [-0.3, -0.25) is 9.59 Å². The largest absolute Gasteiger partial charge is 0.481 e. The lowest BCUT2D eigenvalue weighted by Crippen LogP contribution is -2.48. The standard InChI is InChI=1S/C28H33FN2O4/c1-30(24-10-7-19(8-11-24)16-27(33)34)28(35)31-13-12-21-14-20(6-9-23(21)18-31)15-25(32)17-22-4-2-3-5-26(22)29/h2-6,9,14,19,24H,7-8,10-13,15-18H2,1H3,(H,33,34). The van der Waals surface area contributed by atoms with Gasteiger partial charge in [-0.2, -0.15) is 0 Å². The third kappa shape index (κ3) is 6.27. The number of Topliss-reactive ketones (excluding diaryl/α,β-unsaturated/α-hetero) is 1. The number of carbonyl (C=O) groups excluding carboxylic acids is 2. The number of halogens is 1. The highest BCUT2D eigenvalue weighted by molar-refractivity contribution is 5.83. The minimum atomic E-state index is -0.748. The van der Waals surface area contributed by atoms with E-state index in [4.69, 9.17) is 5.11 Å². The Bertz CT molecular complexity index is 1090. The number of aliphatic carboxylic acids is 1. The van der Waals surface area contributed by atoms with Gasteiger partial charge in [0.2, 0.25) is 0 Å². The molecule has 35 heavy (non-hydrogen) atoms. The number of hydrogen-bond acceptors (Lipinski definition) is 3. The first kappa shape index (κ1) is 24.9. The van der Waals surface area contributed by atoms with Crippen molar-refractivity contribution in [3.8, 4) is 0 Å². The van der Waals surface area contributed by atoms with Crippen LogP contribution < -0.4 is 0 Å². The molecule has 1 N–H and O–H groups in total. The van der Waals surface area contributed by atoms with Crippen LogP contribution in [0.15, 0.2) is 42.5 Å². The molecular formula is C28H33FN2O4. The molecule has 1 heterocycles. The van der Waals surface area contributed by atoms with Crippen LogP contribution in [0.3, 0.4) is 0 Å². The predicted molar refractivity (Wildman–Crippen MR) is 131 cm³/mol. The van der Waals surface area contributed by atoms with Gasteiger partial charge in [-0.1, -0.05) is 36.4 Å². The third-order valence-electron chi connectivity index (χ3n) is 7.43. The van der Waals surface area contributed by atoms with Crippen molar-refractivity contribution in [2.24, 2.45) is 5.92 Å². The Labute approximate surface area is 205 Å². The zero-order chi connectivity index (χ0) is 24.9. The number of carbonyl (C=O) groups is 3. The molecule has 186 valence electrons. The number of benzene rings is 2. The van der Waals surface area contributed by atoms with Crippen LogP contribution in [0, 0.1) is 11.7 Å². The molecule has 0 aromatic heterocycles. The van der Waals surface area contributed by atoms with Crippen molar-refractivity contribution in [1.82, 2.24) is 9.80 Å². The van der Waals surface area contributed by atoms with Gasteiger partial charge in [0, 0.05) is 45.4 Å². The summed E-state index contributed by atoms with van der Waals surface area (Å²) in [6, 6.07) is 12.5. The molecule has 1 fully saturated rings. The van der Waals surface area contributed by atoms with Crippen molar-refractivity contribution in [2.75, 3.05) is 13.6 Å². The minimum absolute atomic E-state index is 0.0153. The Balaban J connectivity index is 1.31. The molecular weight excluding hydrogens is 447 g/mol. The molecule has 0 saturated heterocycles. The summed E-state index contributed by atoms with van der Waals surface area (Å²) in [5.74, 6) is -0.916. The van der Waals surface area contributed by atoms with E-state index >= 15 is 0 Å². The van der Waals surface area contributed by atoms with Gasteiger partial charge in [-0.15, -0.1) is 0 Å². The Morgan fingerprint density at radius 1 is 1.03 bits per heavy atom.